The lowest BCUT2D eigenvalue weighted by Crippen LogP contribution is -2.51. The van der Waals surface area contributed by atoms with Gasteiger partial charge in [-0.15, -0.1) is 0 Å². The van der Waals surface area contributed by atoms with Crippen LogP contribution in [0.5, 0.6) is 0 Å². The van der Waals surface area contributed by atoms with Gasteiger partial charge in [0.05, 0.1) is 11.5 Å². The van der Waals surface area contributed by atoms with Crippen LogP contribution < -0.4 is 10.6 Å². The van der Waals surface area contributed by atoms with E-state index in [0.29, 0.717) is 25.7 Å². The van der Waals surface area contributed by atoms with Crippen molar-refractivity contribution in [2.75, 3.05) is 6.61 Å². The zero-order chi connectivity index (χ0) is 24.4. The van der Waals surface area contributed by atoms with E-state index < -0.39 is 23.5 Å². The molecule has 3 aliphatic carbocycles. The van der Waals surface area contributed by atoms with Crippen molar-refractivity contribution in [3.63, 3.8) is 0 Å². The smallest absolute Gasteiger partial charge is 0.407 e. The van der Waals surface area contributed by atoms with Crippen LogP contribution in [0.1, 0.15) is 68.4 Å². The summed E-state index contributed by atoms with van der Waals surface area (Å²) in [7, 11) is 0. The van der Waals surface area contributed by atoms with E-state index in [1.165, 1.54) is 11.1 Å². The summed E-state index contributed by atoms with van der Waals surface area (Å²) in [6, 6.07) is 16.1. The second-order valence-corrected chi connectivity index (χ2v) is 10.2. The molecule has 0 radical (unpaired) electrons. The summed E-state index contributed by atoms with van der Waals surface area (Å²) in [5, 5.41) is 15.3. The molecule has 2 aromatic rings. The van der Waals surface area contributed by atoms with Gasteiger partial charge in [-0.3, -0.25) is 9.59 Å². The van der Waals surface area contributed by atoms with Gasteiger partial charge in [0, 0.05) is 18.4 Å². The maximum absolute atomic E-state index is 12.9. The van der Waals surface area contributed by atoms with E-state index in [2.05, 4.69) is 34.9 Å². The fraction of sp³-hybridized carbons (Fsp3) is 0.464. The van der Waals surface area contributed by atoms with E-state index >= 15 is 0 Å². The van der Waals surface area contributed by atoms with Crippen LogP contribution in [-0.4, -0.2) is 41.3 Å². The molecular weight excluding hydrogens is 444 g/mol. The maximum Gasteiger partial charge on any atom is 0.407 e. The van der Waals surface area contributed by atoms with Crippen LogP contribution in [0.3, 0.4) is 0 Å². The molecule has 2 amide bonds. The molecule has 0 aromatic heterocycles. The standard InChI is InChI=1S/C28H32N2O5/c31-25(29-24-13-7-12-22(24)26(32)33)16-28(14-5-6-15-28)30-27(34)35-17-23-20-10-3-1-8-18(20)19-9-2-4-11-21(19)23/h1-4,8-11,22-24H,5-7,12-17H2,(H,29,31)(H,30,34)(H,32,33)/t22-,24+/m0/s1. The van der Waals surface area contributed by atoms with Crippen LogP contribution >= 0.6 is 0 Å². The van der Waals surface area contributed by atoms with Gasteiger partial charge in [-0.2, -0.15) is 0 Å². The molecular formula is C28H32N2O5. The number of ether oxygens (including phenoxy) is 1. The van der Waals surface area contributed by atoms with Gasteiger partial charge < -0.3 is 20.5 Å². The number of carbonyl (C=O) groups is 3. The molecule has 2 aromatic carbocycles. The minimum absolute atomic E-state index is 0.0219. The molecule has 2 fully saturated rings. The quantitative estimate of drug-likeness (QED) is 0.542. The summed E-state index contributed by atoms with van der Waals surface area (Å²) in [4.78, 5) is 37.2. The first-order valence-corrected chi connectivity index (χ1v) is 12.6. The van der Waals surface area contributed by atoms with E-state index in [9.17, 15) is 19.5 Å². The van der Waals surface area contributed by atoms with Crippen molar-refractivity contribution in [3.8, 4) is 11.1 Å². The van der Waals surface area contributed by atoms with E-state index in [0.717, 1.165) is 30.4 Å². The van der Waals surface area contributed by atoms with E-state index in [4.69, 9.17) is 4.74 Å². The molecule has 3 N–H and O–H groups in total. The molecule has 0 saturated heterocycles. The number of benzene rings is 2. The van der Waals surface area contributed by atoms with Crippen molar-refractivity contribution >= 4 is 18.0 Å². The number of fused-ring (bicyclic) bond motifs is 3. The van der Waals surface area contributed by atoms with Crippen molar-refractivity contribution in [2.24, 2.45) is 5.92 Å². The average molecular weight is 477 g/mol. The Hall–Kier alpha value is -3.35. The number of rotatable bonds is 7. The minimum Gasteiger partial charge on any atom is -0.481 e. The molecule has 0 spiro atoms. The number of amides is 2. The Morgan fingerprint density at radius 2 is 1.54 bits per heavy atom. The van der Waals surface area contributed by atoms with Crippen molar-refractivity contribution in [2.45, 2.75) is 68.9 Å². The van der Waals surface area contributed by atoms with Crippen LogP contribution in [0.25, 0.3) is 11.1 Å². The highest BCUT2D eigenvalue weighted by molar-refractivity contribution is 5.81. The minimum atomic E-state index is -0.861. The number of carboxylic acids is 1. The molecule has 0 bridgehead atoms. The van der Waals surface area contributed by atoms with Crippen LogP contribution in [-0.2, 0) is 14.3 Å². The summed E-state index contributed by atoms with van der Waals surface area (Å²) in [5.41, 5.74) is 4.01. The van der Waals surface area contributed by atoms with Crippen LogP contribution in [0.2, 0.25) is 0 Å². The van der Waals surface area contributed by atoms with Gasteiger partial charge in [0.15, 0.2) is 0 Å². The van der Waals surface area contributed by atoms with Crippen molar-refractivity contribution in [1.82, 2.24) is 10.6 Å². The number of nitrogens with one attached hydrogen (secondary N) is 2. The molecule has 0 unspecified atom stereocenters. The first kappa shape index (κ1) is 23.4. The number of carboxylic acid groups (broad SMARTS) is 1. The Kier molecular flexibility index (Phi) is 6.50. The Morgan fingerprint density at radius 1 is 0.914 bits per heavy atom. The molecule has 0 heterocycles. The predicted molar refractivity (Wildman–Crippen MR) is 131 cm³/mol. The van der Waals surface area contributed by atoms with Gasteiger partial charge >= 0.3 is 12.1 Å². The van der Waals surface area contributed by atoms with Crippen LogP contribution in [0.4, 0.5) is 4.79 Å². The Bertz CT molecular complexity index is 1080. The topological polar surface area (TPSA) is 105 Å². The predicted octanol–water partition coefficient (Wildman–Crippen LogP) is 4.60. The Morgan fingerprint density at radius 3 is 2.17 bits per heavy atom. The highest BCUT2D eigenvalue weighted by Gasteiger charge is 2.40. The molecule has 2 saturated carbocycles. The van der Waals surface area contributed by atoms with Crippen LogP contribution in [0.15, 0.2) is 48.5 Å². The van der Waals surface area contributed by atoms with Gasteiger partial charge in [0.2, 0.25) is 5.91 Å². The molecule has 3 aliphatic rings. The first-order chi connectivity index (χ1) is 17.0. The largest absolute Gasteiger partial charge is 0.481 e. The Labute approximate surface area is 205 Å². The van der Waals surface area contributed by atoms with E-state index in [1.54, 1.807) is 0 Å². The molecule has 0 aliphatic heterocycles. The van der Waals surface area contributed by atoms with Gasteiger partial charge in [-0.1, -0.05) is 67.8 Å². The molecule has 2 atom stereocenters. The Balaban J connectivity index is 1.21. The zero-order valence-corrected chi connectivity index (χ0v) is 19.8. The van der Waals surface area contributed by atoms with Gasteiger partial charge in [-0.25, -0.2) is 4.79 Å². The average Bonchev–Trinajstić information content (AvgIpc) is 3.56. The fourth-order valence-corrected chi connectivity index (χ4v) is 6.24. The number of hydrogen-bond donors (Lipinski definition) is 3. The highest BCUT2D eigenvalue weighted by atomic mass is 16.5. The summed E-state index contributed by atoms with van der Waals surface area (Å²) in [5.74, 6) is -1.62. The van der Waals surface area contributed by atoms with Gasteiger partial charge in [-0.05, 0) is 47.9 Å². The number of hydrogen-bond acceptors (Lipinski definition) is 4. The second-order valence-electron chi connectivity index (χ2n) is 10.2. The third kappa shape index (κ3) is 4.77. The third-order valence-corrected chi connectivity index (χ3v) is 7.95. The van der Waals surface area contributed by atoms with Gasteiger partial charge in [0.1, 0.15) is 6.61 Å². The molecule has 5 rings (SSSR count). The number of aliphatic carboxylic acids is 1. The zero-order valence-electron chi connectivity index (χ0n) is 19.8. The lowest BCUT2D eigenvalue weighted by atomic mass is 9.92. The van der Waals surface area contributed by atoms with Gasteiger partial charge in [0.25, 0.3) is 0 Å². The molecule has 35 heavy (non-hydrogen) atoms. The summed E-state index contributed by atoms with van der Waals surface area (Å²) in [6.07, 6.45) is 4.96. The molecule has 184 valence electrons. The summed E-state index contributed by atoms with van der Waals surface area (Å²) < 4.78 is 5.73. The SMILES string of the molecule is O=C(CC1(NC(=O)OCC2c3ccccc3-c3ccccc32)CCCC1)N[C@@H]1CCC[C@@H]1C(=O)O. The van der Waals surface area contributed by atoms with Crippen molar-refractivity contribution in [1.29, 1.82) is 0 Å². The van der Waals surface area contributed by atoms with E-state index in [-0.39, 0.29) is 30.9 Å². The third-order valence-electron chi connectivity index (χ3n) is 7.95. The second kappa shape index (κ2) is 9.72. The maximum atomic E-state index is 12.9. The normalized spacial score (nSPS) is 22.3. The monoisotopic (exact) mass is 476 g/mol. The lowest BCUT2D eigenvalue weighted by Gasteiger charge is -2.30. The molecule has 7 nitrogen and oxygen atoms in total. The highest BCUT2D eigenvalue weighted by Crippen LogP contribution is 2.44. The summed E-state index contributed by atoms with van der Waals surface area (Å²) >= 11 is 0. The van der Waals surface area contributed by atoms with Crippen LogP contribution in [0, 0.1) is 5.92 Å². The fourth-order valence-electron chi connectivity index (χ4n) is 6.24. The van der Waals surface area contributed by atoms with E-state index in [1.807, 2.05) is 24.3 Å². The van der Waals surface area contributed by atoms with Crippen molar-refractivity contribution in [3.05, 3.63) is 59.7 Å². The first-order valence-electron chi connectivity index (χ1n) is 12.6. The summed E-state index contributed by atoms with van der Waals surface area (Å²) in [6.45, 7) is 0.227. The number of alkyl carbamates (subject to hydrolysis) is 1. The number of carbonyl (C=O) groups excluding carboxylic acids is 2. The lowest BCUT2D eigenvalue weighted by molar-refractivity contribution is -0.142. The molecule has 7 heteroatoms. The van der Waals surface area contributed by atoms with Crippen molar-refractivity contribution < 1.29 is 24.2 Å².